The number of rotatable bonds is 3. The Hall–Kier alpha value is -4.88. The van der Waals surface area contributed by atoms with Gasteiger partial charge in [0.2, 0.25) is 0 Å². The fraction of sp³-hybridized carbons (Fsp3) is 0.0769. The number of nitrogens with zero attached hydrogens (tertiary/aromatic N) is 1. The van der Waals surface area contributed by atoms with Crippen molar-refractivity contribution in [1.82, 2.24) is 0 Å². The molecule has 0 atom stereocenters. The Balaban J connectivity index is 1.44. The predicted octanol–water partition coefficient (Wildman–Crippen LogP) is 9.64. The van der Waals surface area contributed by atoms with E-state index in [2.05, 4.69) is 150 Å². The van der Waals surface area contributed by atoms with E-state index in [1.54, 1.807) is 0 Å². The molecule has 0 saturated carbocycles. The average Bonchev–Trinajstić information content (AvgIpc) is 3.03. The van der Waals surface area contributed by atoms with Gasteiger partial charge in [0, 0.05) is 17.8 Å². The van der Waals surface area contributed by atoms with Crippen molar-refractivity contribution in [2.24, 2.45) is 0 Å². The van der Waals surface area contributed by atoms with E-state index in [9.17, 15) is 0 Å². The van der Waals surface area contributed by atoms with Crippen molar-refractivity contribution in [2.45, 2.75) is 17.8 Å². The average molecular weight is 510 g/mol. The predicted molar refractivity (Wildman–Crippen MR) is 163 cm³/mol. The first-order chi connectivity index (χ1) is 19.9. The van der Waals surface area contributed by atoms with Crippen LogP contribution in [0.1, 0.15) is 67.8 Å². The maximum absolute atomic E-state index is 2.64. The minimum absolute atomic E-state index is 0.182. The van der Waals surface area contributed by atoms with Gasteiger partial charge in [-0.2, -0.15) is 0 Å². The third-order valence-corrected chi connectivity index (χ3v) is 9.23. The lowest BCUT2D eigenvalue weighted by molar-refractivity contribution is 0.831. The lowest BCUT2D eigenvalue weighted by Crippen LogP contribution is -2.34. The molecule has 0 saturated heterocycles. The Morgan fingerprint density at radius 1 is 0.275 bits per heavy atom. The van der Waals surface area contributed by atoms with Crippen molar-refractivity contribution in [3.63, 3.8) is 0 Å². The second-order valence-electron chi connectivity index (χ2n) is 11.2. The van der Waals surface area contributed by atoms with Crippen molar-refractivity contribution < 1.29 is 0 Å². The van der Waals surface area contributed by atoms with Gasteiger partial charge in [-0.1, -0.05) is 146 Å². The Bertz CT molecular complexity index is 1610. The highest BCUT2D eigenvalue weighted by molar-refractivity contribution is 5.97. The molecule has 0 N–H and O–H groups in total. The number of hydrogen-bond donors (Lipinski definition) is 0. The van der Waals surface area contributed by atoms with Crippen LogP contribution < -0.4 is 4.90 Å². The van der Waals surface area contributed by atoms with Gasteiger partial charge in [-0.05, 0) is 50.1 Å². The van der Waals surface area contributed by atoms with Gasteiger partial charge in [0.05, 0.1) is 17.1 Å². The monoisotopic (exact) mass is 509 g/mol. The molecular weight excluding hydrogens is 482 g/mol. The minimum atomic E-state index is 0.182. The highest BCUT2D eigenvalue weighted by atomic mass is 15.2. The van der Waals surface area contributed by atoms with Crippen LogP contribution in [0.4, 0.5) is 17.1 Å². The largest absolute Gasteiger partial charge is 0.309 e. The third-order valence-electron chi connectivity index (χ3n) is 9.23. The van der Waals surface area contributed by atoms with Crippen molar-refractivity contribution >= 4 is 17.1 Å². The molecule has 0 amide bonds. The zero-order valence-corrected chi connectivity index (χ0v) is 22.0. The summed E-state index contributed by atoms with van der Waals surface area (Å²) in [6.45, 7) is 0. The highest BCUT2D eigenvalue weighted by Gasteiger charge is 2.46. The molecule has 188 valence electrons. The summed E-state index contributed by atoms with van der Waals surface area (Å²) in [5.41, 5.74) is 16.5. The summed E-state index contributed by atoms with van der Waals surface area (Å²) in [6, 6.07) is 54.3. The van der Waals surface area contributed by atoms with E-state index in [-0.39, 0.29) is 17.8 Å². The summed E-state index contributed by atoms with van der Waals surface area (Å²) in [6.07, 6.45) is 0. The Morgan fingerprint density at radius 2 is 0.525 bits per heavy atom. The van der Waals surface area contributed by atoms with Gasteiger partial charge in [-0.25, -0.2) is 0 Å². The lowest BCUT2D eigenvalue weighted by Gasteiger charge is -2.50. The molecule has 6 aromatic carbocycles. The van der Waals surface area contributed by atoms with Gasteiger partial charge in [0.25, 0.3) is 0 Å². The number of para-hydroxylation sites is 3. The zero-order chi connectivity index (χ0) is 26.2. The van der Waals surface area contributed by atoms with Crippen LogP contribution in [0.5, 0.6) is 0 Å². The summed E-state index contributed by atoms with van der Waals surface area (Å²) in [7, 11) is 0. The lowest BCUT2D eigenvalue weighted by atomic mass is 9.67. The topological polar surface area (TPSA) is 3.24 Å². The van der Waals surface area contributed by atoms with Crippen molar-refractivity contribution in [3.8, 4) is 0 Å². The normalized spacial score (nSPS) is 19.2. The quantitative estimate of drug-likeness (QED) is 0.229. The van der Waals surface area contributed by atoms with E-state index < -0.39 is 0 Å². The molecule has 1 heteroatoms. The van der Waals surface area contributed by atoms with Crippen LogP contribution in [0, 0.1) is 0 Å². The van der Waals surface area contributed by atoms with Gasteiger partial charge >= 0.3 is 0 Å². The van der Waals surface area contributed by atoms with Crippen LogP contribution in [0.2, 0.25) is 0 Å². The minimum Gasteiger partial charge on any atom is -0.309 e. The van der Waals surface area contributed by atoms with Gasteiger partial charge in [0.1, 0.15) is 0 Å². The van der Waals surface area contributed by atoms with E-state index in [1.807, 2.05) is 0 Å². The second kappa shape index (κ2) is 8.31. The number of anilines is 3. The molecule has 0 aliphatic carbocycles. The zero-order valence-electron chi connectivity index (χ0n) is 22.0. The summed E-state index contributed by atoms with van der Waals surface area (Å²) in [5.74, 6) is 0.547. The SMILES string of the molecule is c1ccc(C2c3cccc4c3N3c5c2cccc5C(c2ccccc2)c2cccc(c23)C4c2ccccc2)cc1. The molecule has 3 aliphatic heterocycles. The Kier molecular flexibility index (Phi) is 4.57. The first kappa shape index (κ1) is 22.0. The van der Waals surface area contributed by atoms with Crippen LogP contribution in [0.25, 0.3) is 0 Å². The number of hydrogen-bond acceptors (Lipinski definition) is 1. The van der Waals surface area contributed by atoms with Gasteiger partial charge in [0.15, 0.2) is 0 Å². The smallest absolute Gasteiger partial charge is 0.0545 e. The first-order valence-corrected chi connectivity index (χ1v) is 14.2. The van der Waals surface area contributed by atoms with Gasteiger partial charge < -0.3 is 4.90 Å². The van der Waals surface area contributed by atoms with Crippen LogP contribution in [0.15, 0.2) is 146 Å². The van der Waals surface area contributed by atoms with Crippen LogP contribution >= 0.6 is 0 Å². The van der Waals surface area contributed by atoms with E-state index in [1.165, 1.54) is 67.1 Å². The maximum atomic E-state index is 2.64. The molecule has 9 rings (SSSR count). The molecule has 3 heterocycles. The molecule has 0 aromatic heterocycles. The van der Waals surface area contributed by atoms with Crippen molar-refractivity contribution in [3.05, 3.63) is 196 Å². The van der Waals surface area contributed by atoms with Gasteiger partial charge in [-0.15, -0.1) is 0 Å². The number of benzene rings is 6. The molecule has 0 radical (unpaired) electrons. The fourth-order valence-corrected chi connectivity index (χ4v) is 7.76. The van der Waals surface area contributed by atoms with E-state index in [4.69, 9.17) is 0 Å². The standard InChI is InChI=1S/C39H27N/c1-4-13-25(14-5-1)34-28-19-10-21-30-35(26-15-6-2-7-16-26)32-23-12-24-33-36(27-17-8-3-9-18-27)31-22-11-20-29(34)38(31)40(37(28)30)39(32)33/h1-24,34-36H. The highest BCUT2D eigenvalue weighted by Crippen LogP contribution is 2.65. The van der Waals surface area contributed by atoms with Gasteiger partial charge in [-0.3, -0.25) is 0 Å². The van der Waals surface area contributed by atoms with E-state index >= 15 is 0 Å². The summed E-state index contributed by atoms with van der Waals surface area (Å²) in [4.78, 5) is 2.64. The molecule has 0 fully saturated rings. The van der Waals surface area contributed by atoms with Crippen molar-refractivity contribution in [1.29, 1.82) is 0 Å². The summed E-state index contributed by atoms with van der Waals surface area (Å²) < 4.78 is 0. The first-order valence-electron chi connectivity index (χ1n) is 14.2. The fourth-order valence-electron chi connectivity index (χ4n) is 7.76. The molecule has 0 unspecified atom stereocenters. The van der Waals surface area contributed by atoms with E-state index in [0.717, 1.165) is 0 Å². The molecule has 1 nitrogen and oxygen atoms in total. The molecule has 6 aromatic rings. The molecular formula is C39H27N. The van der Waals surface area contributed by atoms with Crippen LogP contribution in [-0.4, -0.2) is 0 Å². The van der Waals surface area contributed by atoms with Crippen molar-refractivity contribution in [2.75, 3.05) is 4.90 Å². The van der Waals surface area contributed by atoms with Crippen LogP contribution in [0.3, 0.4) is 0 Å². The second-order valence-corrected chi connectivity index (χ2v) is 11.2. The molecule has 0 bridgehead atoms. The Labute approximate surface area is 235 Å². The maximum Gasteiger partial charge on any atom is 0.0545 e. The summed E-state index contributed by atoms with van der Waals surface area (Å²) in [5, 5.41) is 0. The molecule has 3 aliphatic rings. The molecule has 40 heavy (non-hydrogen) atoms. The van der Waals surface area contributed by atoms with Crippen LogP contribution in [-0.2, 0) is 0 Å². The Morgan fingerprint density at radius 3 is 0.775 bits per heavy atom. The van der Waals surface area contributed by atoms with E-state index in [0.29, 0.717) is 0 Å². The molecule has 0 spiro atoms. The summed E-state index contributed by atoms with van der Waals surface area (Å²) >= 11 is 0. The third kappa shape index (κ3) is 2.87.